The van der Waals surface area contributed by atoms with E-state index in [0.29, 0.717) is 44.5 Å². The normalized spacial score (nSPS) is 11.0. The average molecular weight is 991 g/mol. The van der Waals surface area contributed by atoms with Gasteiger partial charge in [0, 0.05) is 94.7 Å². The molecule has 0 spiro atoms. The van der Waals surface area contributed by atoms with Crippen molar-refractivity contribution in [3.05, 3.63) is 115 Å². The number of hydrogen-bond donors (Lipinski definition) is 6. The molecule has 0 aliphatic heterocycles. The third-order valence-corrected chi connectivity index (χ3v) is 10.2. The Labute approximate surface area is 379 Å². The van der Waals surface area contributed by atoms with Crippen LogP contribution in [-0.2, 0) is 46.7 Å². The third-order valence-electron chi connectivity index (χ3n) is 10.2. The monoisotopic (exact) mass is 990 g/mol. The number of phenols is 4. The van der Waals surface area contributed by atoms with Gasteiger partial charge in [0.15, 0.2) is 0 Å². The van der Waals surface area contributed by atoms with Gasteiger partial charge < -0.3 is 30.6 Å². The topological polar surface area (TPSA) is 121 Å². The van der Waals surface area contributed by atoms with Crippen molar-refractivity contribution in [3.63, 3.8) is 0 Å². The average Bonchev–Trinajstić information content (AvgIpc) is 3.24. The second-order valence-corrected chi connectivity index (χ2v) is 15.3. The van der Waals surface area contributed by atoms with E-state index in [1.807, 2.05) is 48.5 Å². The molecule has 0 heterocycles. The molecular weight excluding hydrogens is 928 g/mol. The summed E-state index contributed by atoms with van der Waals surface area (Å²) in [6.45, 7) is 8.32. The summed E-state index contributed by atoms with van der Waals surface area (Å²) in [5.74, 6) is 26.9. The fourth-order valence-electron chi connectivity index (χ4n) is 6.95. The quantitative estimate of drug-likeness (QED) is 0.0647. The van der Waals surface area contributed by atoms with E-state index in [-0.39, 0.29) is 83.0 Å². The molecule has 4 aromatic rings. The van der Waals surface area contributed by atoms with Crippen LogP contribution in [0.2, 0.25) is 0 Å². The largest absolute Gasteiger partial charge is 0.507 e. The van der Waals surface area contributed by atoms with Crippen LogP contribution in [0.25, 0.3) is 0 Å². The van der Waals surface area contributed by atoms with Gasteiger partial charge in [0.1, 0.15) is 23.0 Å². The summed E-state index contributed by atoms with van der Waals surface area (Å²) >= 11 is 0. The van der Waals surface area contributed by atoms with E-state index in [9.17, 15) is 20.4 Å². The maximum atomic E-state index is 11.9. The summed E-state index contributed by atoms with van der Waals surface area (Å²) in [4.78, 5) is 0. The summed E-state index contributed by atoms with van der Waals surface area (Å²) in [7, 11) is 0. The van der Waals surface area contributed by atoms with E-state index in [2.05, 4.69) is 75.1 Å². The van der Waals surface area contributed by atoms with Crippen LogP contribution in [-0.4, -0.2) is 43.9 Å². The van der Waals surface area contributed by atoms with Gasteiger partial charge in [-0.1, -0.05) is 101 Å². The number of aromatic hydroxyl groups is 4. The summed E-state index contributed by atoms with van der Waals surface area (Å²) in [6.07, 6.45) is 12.2. The number of hydrogen-bond acceptors (Lipinski definition) is 6. The molecule has 0 fully saturated rings. The number of unbranched alkanes of at least 4 members (excludes halogenated alkanes) is 8. The molecule has 0 aromatic heterocycles. The molecule has 61 heavy (non-hydrogen) atoms. The molecule has 6 N–H and O–H groups in total. The molecule has 7 heteroatoms. The van der Waals surface area contributed by atoms with Crippen LogP contribution in [0.1, 0.15) is 172 Å². The predicted octanol–water partition coefficient (Wildman–Crippen LogP) is 10.3. The fraction of sp³-hybridized carbons (Fsp3) is 0.407. The Morgan fingerprint density at radius 2 is 0.541 bits per heavy atom. The van der Waals surface area contributed by atoms with Gasteiger partial charge in [-0.3, -0.25) is 0 Å². The van der Waals surface area contributed by atoms with Crippen molar-refractivity contribution in [1.82, 2.24) is 0 Å². The maximum absolute atomic E-state index is 11.9. The minimum Gasteiger partial charge on any atom is -0.507 e. The zero-order valence-corrected chi connectivity index (χ0v) is 39.4. The van der Waals surface area contributed by atoms with Crippen molar-refractivity contribution in [1.29, 1.82) is 0 Å². The van der Waals surface area contributed by atoms with Crippen LogP contribution in [0.5, 0.6) is 23.0 Å². The molecule has 1 aliphatic carbocycles. The molecule has 5 rings (SSSR count). The minimum absolute atomic E-state index is 0. The Kier molecular flexibility index (Phi) is 22.3. The van der Waals surface area contributed by atoms with Crippen LogP contribution in [0.15, 0.2) is 48.5 Å². The van der Waals surface area contributed by atoms with Crippen molar-refractivity contribution in [3.8, 4) is 70.4 Å². The first kappa shape index (κ1) is 50.3. The van der Waals surface area contributed by atoms with E-state index in [4.69, 9.17) is 10.2 Å². The summed E-state index contributed by atoms with van der Waals surface area (Å²) < 4.78 is 0. The summed E-state index contributed by atoms with van der Waals surface area (Å²) in [5, 5.41) is 63.0. The number of phenolic OH excluding ortho intramolecular Hbond substituents is 4. The second-order valence-electron chi connectivity index (χ2n) is 15.3. The van der Waals surface area contributed by atoms with Gasteiger partial charge >= 0.3 is 0 Å². The van der Waals surface area contributed by atoms with Crippen LogP contribution in [0.3, 0.4) is 0 Å². The molecule has 0 saturated carbocycles. The molecule has 320 valence electrons. The molecule has 4 aromatic carbocycles. The van der Waals surface area contributed by atoms with Crippen molar-refractivity contribution in [2.75, 3.05) is 13.2 Å². The van der Waals surface area contributed by atoms with Gasteiger partial charge in [-0.25, -0.2) is 0 Å². The number of aliphatic hydroxyl groups is 2. The molecule has 0 unspecified atom stereocenters. The summed E-state index contributed by atoms with van der Waals surface area (Å²) in [6, 6.07) is 15.2. The smallest absolute Gasteiger partial charge is 0.122 e. The van der Waals surface area contributed by atoms with Crippen molar-refractivity contribution in [2.45, 2.75) is 130 Å². The zero-order valence-electron chi connectivity index (χ0n) is 36.4. The Bertz CT molecular complexity index is 1910. The zero-order chi connectivity index (χ0) is 43.3. The van der Waals surface area contributed by atoms with Gasteiger partial charge in [-0.2, -0.15) is 0 Å². The number of fused-ring (bicyclic) bond motifs is 8. The van der Waals surface area contributed by atoms with E-state index in [1.165, 1.54) is 0 Å². The fourth-order valence-corrected chi connectivity index (χ4v) is 6.95. The molecule has 0 radical (unpaired) electrons. The SMILES string of the molecule is CCCCC#Cc1cc2c(O)c(c1)Cc1cc(C#CCCCC)cc(c1O)Cc1cc(C#CCCCC)cc(c1O)Cc1cc(C#CCCCC)cc(c1O)C2.OCCO.[W]. The van der Waals surface area contributed by atoms with Crippen molar-refractivity contribution < 1.29 is 51.7 Å². The third kappa shape index (κ3) is 15.4. The molecule has 8 bridgehead atoms. The van der Waals surface area contributed by atoms with Crippen molar-refractivity contribution in [2.24, 2.45) is 0 Å². The first-order valence-electron chi connectivity index (χ1n) is 21.7. The van der Waals surface area contributed by atoms with E-state index in [0.717, 1.165) is 99.3 Å². The molecule has 1 aliphatic rings. The number of benzene rings is 4. The van der Waals surface area contributed by atoms with Gasteiger partial charge in [-0.05, 0) is 119 Å². The number of aliphatic hydroxyl groups excluding tert-OH is 2. The molecule has 0 saturated heterocycles. The Morgan fingerprint density at radius 3 is 0.689 bits per heavy atom. The van der Waals surface area contributed by atoms with Crippen molar-refractivity contribution >= 4 is 0 Å². The van der Waals surface area contributed by atoms with Crippen LogP contribution in [0.4, 0.5) is 0 Å². The predicted molar refractivity (Wildman–Crippen MR) is 243 cm³/mol. The van der Waals surface area contributed by atoms with Gasteiger partial charge in [-0.15, -0.1) is 0 Å². The molecule has 6 nitrogen and oxygen atoms in total. The number of rotatable bonds is 9. The van der Waals surface area contributed by atoms with Gasteiger partial charge in [0.25, 0.3) is 0 Å². The first-order chi connectivity index (χ1) is 29.1. The standard InChI is InChI=1S/C52H56O4.C2H6O2.W/c1-5-9-13-17-21-37-25-41-33-43-27-38(22-18-14-10-6-2)29-45(50(43)54)35-47-31-40(24-20-16-12-8-4)32-48(52(47)56)36-46-30-39(23-19-15-11-7-3)28-44(51(46)55)34-42(26-37)49(41)53;3-1-2-4;/h25-32,53-56H,5-16,33-36H2,1-4H3;3-4H,1-2H2;. The van der Waals surface area contributed by atoms with Crippen LogP contribution < -0.4 is 0 Å². The Morgan fingerprint density at radius 1 is 0.361 bits per heavy atom. The van der Waals surface area contributed by atoms with E-state index < -0.39 is 0 Å². The molecule has 0 amide bonds. The minimum atomic E-state index is -0.125. The van der Waals surface area contributed by atoms with Crippen LogP contribution in [0, 0.1) is 47.4 Å². The molecular formula is C54H62O6W. The Balaban J connectivity index is 0.00000190. The van der Waals surface area contributed by atoms with Gasteiger partial charge in [0.05, 0.1) is 13.2 Å². The molecule has 0 atom stereocenters. The first-order valence-corrected chi connectivity index (χ1v) is 21.7. The van der Waals surface area contributed by atoms with Gasteiger partial charge in [0.2, 0.25) is 0 Å². The van der Waals surface area contributed by atoms with E-state index >= 15 is 0 Å². The van der Waals surface area contributed by atoms with E-state index in [1.54, 1.807) is 0 Å². The maximum Gasteiger partial charge on any atom is 0.122 e. The van der Waals surface area contributed by atoms with Crippen LogP contribution >= 0.6 is 0 Å². The summed E-state index contributed by atoms with van der Waals surface area (Å²) in [5.41, 5.74) is 8.04. The Hall–Kier alpha value is -5.07. The second kappa shape index (κ2) is 27.0.